The molecule has 0 saturated heterocycles. The Balaban J connectivity index is 0.000000637. The summed E-state index contributed by atoms with van der Waals surface area (Å²) in [6, 6.07) is 6.03. The maximum Gasteiger partial charge on any atom is 0.254 e. The van der Waals surface area contributed by atoms with E-state index >= 15 is 0 Å². The molecular weight excluding hydrogens is 238 g/mol. The first kappa shape index (κ1) is 14.1. The first-order valence-electron chi connectivity index (χ1n) is 7.20. The van der Waals surface area contributed by atoms with Crippen LogP contribution in [0.1, 0.15) is 48.2 Å². The fourth-order valence-corrected chi connectivity index (χ4v) is 2.82. The molecule has 3 heteroatoms. The Hall–Kier alpha value is -1.35. The van der Waals surface area contributed by atoms with Crippen LogP contribution in [0.15, 0.2) is 18.2 Å². The quantitative estimate of drug-likeness (QED) is 0.889. The van der Waals surface area contributed by atoms with Crippen LogP contribution in [0.3, 0.4) is 0 Å². The van der Waals surface area contributed by atoms with Gasteiger partial charge in [0.25, 0.3) is 5.91 Å². The summed E-state index contributed by atoms with van der Waals surface area (Å²) in [6.07, 6.45) is 1.56. The lowest BCUT2D eigenvalue weighted by atomic mass is 9.82. The molecule has 1 heterocycles. The van der Waals surface area contributed by atoms with Gasteiger partial charge in [0.05, 0.1) is 6.10 Å². The Bertz CT molecular complexity index is 464. The van der Waals surface area contributed by atoms with Crippen LogP contribution in [0, 0.1) is 12.8 Å². The van der Waals surface area contributed by atoms with E-state index in [9.17, 15) is 9.90 Å². The molecule has 1 aliphatic heterocycles. The van der Waals surface area contributed by atoms with Gasteiger partial charge in [0.2, 0.25) is 0 Å². The van der Waals surface area contributed by atoms with E-state index in [-0.39, 0.29) is 12.0 Å². The van der Waals surface area contributed by atoms with Gasteiger partial charge in [-0.3, -0.25) is 4.79 Å². The van der Waals surface area contributed by atoms with Crippen molar-refractivity contribution in [2.45, 2.75) is 46.3 Å². The SMILES string of the molecule is CC.Cc1ccc2c(c1)CN(CC1CC(O)C1)C2=O. The van der Waals surface area contributed by atoms with E-state index in [1.165, 1.54) is 5.56 Å². The van der Waals surface area contributed by atoms with Crippen molar-refractivity contribution < 1.29 is 9.90 Å². The molecule has 0 atom stereocenters. The number of carbonyl (C=O) groups excluding carboxylic acids is 1. The van der Waals surface area contributed by atoms with Gasteiger partial charge in [-0.2, -0.15) is 0 Å². The van der Waals surface area contributed by atoms with E-state index in [2.05, 4.69) is 13.0 Å². The van der Waals surface area contributed by atoms with Gasteiger partial charge in [-0.15, -0.1) is 0 Å². The van der Waals surface area contributed by atoms with E-state index in [1.54, 1.807) is 0 Å². The predicted octanol–water partition coefficient (Wildman–Crippen LogP) is 2.75. The van der Waals surface area contributed by atoms with Crippen LogP contribution in [0.2, 0.25) is 0 Å². The number of nitrogens with zero attached hydrogens (tertiary/aromatic N) is 1. The third-order valence-electron chi connectivity index (χ3n) is 3.83. The van der Waals surface area contributed by atoms with Gasteiger partial charge < -0.3 is 10.0 Å². The number of aliphatic hydroxyl groups is 1. The van der Waals surface area contributed by atoms with Crippen molar-refractivity contribution in [1.29, 1.82) is 0 Å². The summed E-state index contributed by atoms with van der Waals surface area (Å²) in [4.78, 5) is 14.0. The van der Waals surface area contributed by atoms with Crippen LogP contribution in [-0.4, -0.2) is 28.6 Å². The molecule has 2 aliphatic rings. The van der Waals surface area contributed by atoms with Crippen molar-refractivity contribution in [3.63, 3.8) is 0 Å². The smallest absolute Gasteiger partial charge is 0.254 e. The van der Waals surface area contributed by atoms with Crippen molar-refractivity contribution in [3.05, 3.63) is 34.9 Å². The number of hydrogen-bond donors (Lipinski definition) is 1. The number of rotatable bonds is 2. The van der Waals surface area contributed by atoms with Crippen LogP contribution >= 0.6 is 0 Å². The van der Waals surface area contributed by atoms with Crippen LogP contribution in [-0.2, 0) is 6.54 Å². The molecule has 1 fully saturated rings. The van der Waals surface area contributed by atoms with Gasteiger partial charge in [0.1, 0.15) is 0 Å². The molecule has 0 aromatic heterocycles. The molecule has 3 nitrogen and oxygen atoms in total. The van der Waals surface area contributed by atoms with Gasteiger partial charge >= 0.3 is 0 Å². The minimum Gasteiger partial charge on any atom is -0.393 e. The third-order valence-corrected chi connectivity index (χ3v) is 3.83. The summed E-state index contributed by atoms with van der Waals surface area (Å²) in [7, 11) is 0. The van der Waals surface area contributed by atoms with Crippen LogP contribution in [0.4, 0.5) is 0 Å². The molecule has 1 saturated carbocycles. The van der Waals surface area contributed by atoms with Gasteiger partial charge in [0, 0.05) is 18.7 Å². The van der Waals surface area contributed by atoms with Crippen molar-refractivity contribution in [1.82, 2.24) is 4.90 Å². The summed E-state index contributed by atoms with van der Waals surface area (Å²) in [5, 5.41) is 9.26. The Labute approximate surface area is 115 Å². The monoisotopic (exact) mass is 261 g/mol. The Morgan fingerprint density at radius 2 is 2.00 bits per heavy atom. The maximum absolute atomic E-state index is 12.1. The topological polar surface area (TPSA) is 40.5 Å². The van der Waals surface area contributed by atoms with E-state index in [4.69, 9.17) is 0 Å². The Morgan fingerprint density at radius 1 is 1.32 bits per heavy atom. The van der Waals surface area contributed by atoms with Crippen molar-refractivity contribution in [2.75, 3.05) is 6.54 Å². The Morgan fingerprint density at radius 3 is 2.63 bits per heavy atom. The highest BCUT2D eigenvalue weighted by Gasteiger charge is 2.33. The first-order chi connectivity index (χ1) is 9.13. The molecule has 3 rings (SSSR count). The zero-order chi connectivity index (χ0) is 14.0. The fraction of sp³-hybridized carbons (Fsp3) is 0.562. The van der Waals surface area contributed by atoms with Crippen molar-refractivity contribution >= 4 is 5.91 Å². The largest absolute Gasteiger partial charge is 0.393 e. The van der Waals surface area contributed by atoms with E-state index in [0.717, 1.165) is 37.1 Å². The minimum atomic E-state index is -0.137. The molecule has 0 unspecified atom stereocenters. The zero-order valence-corrected chi connectivity index (χ0v) is 12.0. The Kier molecular flexibility index (Phi) is 4.25. The summed E-state index contributed by atoms with van der Waals surface area (Å²) in [6.45, 7) is 7.59. The molecule has 19 heavy (non-hydrogen) atoms. The second-order valence-corrected chi connectivity index (χ2v) is 5.34. The van der Waals surface area contributed by atoms with Crippen molar-refractivity contribution in [3.8, 4) is 0 Å². The molecule has 1 aromatic rings. The van der Waals surface area contributed by atoms with Gasteiger partial charge in [-0.1, -0.05) is 31.5 Å². The van der Waals surface area contributed by atoms with Crippen molar-refractivity contribution in [2.24, 2.45) is 5.92 Å². The van der Waals surface area contributed by atoms with E-state index in [1.807, 2.05) is 30.9 Å². The number of aryl methyl sites for hydroxylation is 1. The molecule has 0 spiro atoms. The number of benzene rings is 1. The first-order valence-corrected chi connectivity index (χ1v) is 7.20. The highest BCUT2D eigenvalue weighted by molar-refractivity contribution is 5.98. The second kappa shape index (κ2) is 5.74. The van der Waals surface area contributed by atoms with E-state index in [0.29, 0.717) is 5.92 Å². The fourth-order valence-electron chi connectivity index (χ4n) is 2.82. The predicted molar refractivity (Wildman–Crippen MR) is 76.0 cm³/mol. The van der Waals surface area contributed by atoms with Crippen LogP contribution in [0.5, 0.6) is 0 Å². The number of carbonyl (C=O) groups is 1. The number of hydrogen-bond acceptors (Lipinski definition) is 2. The lowest BCUT2D eigenvalue weighted by Crippen LogP contribution is -2.38. The summed E-state index contributed by atoms with van der Waals surface area (Å²) >= 11 is 0. The summed E-state index contributed by atoms with van der Waals surface area (Å²) in [5.74, 6) is 0.644. The van der Waals surface area contributed by atoms with Gasteiger partial charge in [0.15, 0.2) is 0 Å². The number of aliphatic hydroxyl groups excluding tert-OH is 1. The molecule has 1 amide bonds. The standard InChI is InChI=1S/C14H17NO2.C2H6/c1-9-2-3-13-11(4-9)8-15(14(13)17)7-10-5-12(16)6-10;1-2/h2-4,10,12,16H,5-8H2,1H3;1-2H3. The zero-order valence-electron chi connectivity index (χ0n) is 12.0. The van der Waals surface area contributed by atoms with E-state index < -0.39 is 0 Å². The average Bonchev–Trinajstić information content (AvgIpc) is 2.66. The lowest BCUT2D eigenvalue weighted by Gasteiger charge is -2.34. The summed E-state index contributed by atoms with van der Waals surface area (Å²) < 4.78 is 0. The number of amides is 1. The van der Waals surface area contributed by atoms with Crippen LogP contribution < -0.4 is 0 Å². The molecular formula is C16H23NO2. The molecule has 0 bridgehead atoms. The van der Waals surface area contributed by atoms with Crippen LogP contribution in [0.25, 0.3) is 0 Å². The molecule has 1 N–H and O–H groups in total. The number of fused-ring (bicyclic) bond motifs is 1. The van der Waals surface area contributed by atoms with Gasteiger partial charge in [-0.25, -0.2) is 0 Å². The lowest BCUT2D eigenvalue weighted by molar-refractivity contribution is 0.0234. The third kappa shape index (κ3) is 2.81. The summed E-state index contributed by atoms with van der Waals surface area (Å²) in [5.41, 5.74) is 3.21. The highest BCUT2D eigenvalue weighted by Crippen LogP contribution is 2.31. The normalized spacial score (nSPS) is 24.4. The molecule has 0 radical (unpaired) electrons. The average molecular weight is 261 g/mol. The minimum absolute atomic E-state index is 0.137. The maximum atomic E-state index is 12.1. The molecule has 1 aliphatic carbocycles. The van der Waals surface area contributed by atoms with Gasteiger partial charge in [-0.05, 0) is 37.3 Å². The second-order valence-electron chi connectivity index (χ2n) is 5.34. The highest BCUT2D eigenvalue weighted by atomic mass is 16.3. The molecule has 104 valence electrons. The molecule has 1 aromatic carbocycles.